The first-order chi connectivity index (χ1) is 12.0. The number of aromatic nitrogens is 6. The van der Waals surface area contributed by atoms with Crippen LogP contribution < -0.4 is 5.32 Å². The minimum Gasteiger partial charge on any atom is -0.348 e. The van der Waals surface area contributed by atoms with Gasteiger partial charge < -0.3 is 5.32 Å². The molecule has 0 unspecified atom stereocenters. The van der Waals surface area contributed by atoms with Crippen molar-refractivity contribution in [3.05, 3.63) is 46.8 Å². The third-order valence-electron chi connectivity index (χ3n) is 4.26. The van der Waals surface area contributed by atoms with E-state index in [2.05, 4.69) is 32.9 Å². The van der Waals surface area contributed by atoms with Crippen molar-refractivity contribution in [3.63, 3.8) is 0 Å². The number of carbonyl (C=O) groups is 1. The van der Waals surface area contributed by atoms with Gasteiger partial charge in [0.2, 0.25) is 0 Å². The Morgan fingerprint density at radius 3 is 2.72 bits per heavy atom. The molecule has 0 saturated carbocycles. The molecule has 0 aliphatic heterocycles. The van der Waals surface area contributed by atoms with Gasteiger partial charge in [-0.3, -0.25) is 9.48 Å². The van der Waals surface area contributed by atoms with E-state index in [0.717, 1.165) is 29.1 Å². The van der Waals surface area contributed by atoms with Gasteiger partial charge in [-0.2, -0.15) is 5.10 Å². The van der Waals surface area contributed by atoms with E-state index in [1.165, 1.54) is 0 Å². The highest BCUT2D eigenvalue weighted by molar-refractivity contribution is 5.95. The van der Waals surface area contributed by atoms with E-state index < -0.39 is 0 Å². The topological polar surface area (TPSA) is 90.5 Å². The van der Waals surface area contributed by atoms with Crippen molar-refractivity contribution in [2.24, 2.45) is 7.05 Å². The number of nitrogens with zero attached hydrogens (tertiary/aromatic N) is 6. The molecule has 0 aliphatic carbocycles. The quantitative estimate of drug-likeness (QED) is 0.763. The van der Waals surface area contributed by atoms with Crippen molar-refractivity contribution in [1.82, 2.24) is 35.3 Å². The van der Waals surface area contributed by atoms with Gasteiger partial charge in [-0.25, -0.2) is 4.68 Å². The number of benzene rings is 1. The molecule has 1 amide bonds. The molecule has 0 aliphatic rings. The normalized spacial score (nSPS) is 10.9. The zero-order valence-electron chi connectivity index (χ0n) is 14.8. The van der Waals surface area contributed by atoms with E-state index in [-0.39, 0.29) is 5.91 Å². The molecular formula is C17H21N7O. The van der Waals surface area contributed by atoms with Gasteiger partial charge in [-0.15, -0.1) is 5.10 Å². The van der Waals surface area contributed by atoms with Crippen LogP contribution in [0.25, 0.3) is 11.4 Å². The lowest BCUT2D eigenvalue weighted by molar-refractivity contribution is 0.0951. The maximum absolute atomic E-state index is 12.5. The van der Waals surface area contributed by atoms with E-state index in [4.69, 9.17) is 0 Å². The standard InChI is InChI=1S/C17H21N7O/c1-5-24-12(3)15(11(2)20-24)10-18-17(25)14-8-6-7-13(9-14)16-19-21-22-23(16)4/h6-9H,5,10H2,1-4H3,(H,18,25). The van der Waals surface area contributed by atoms with E-state index in [1.54, 1.807) is 23.9 Å². The summed E-state index contributed by atoms with van der Waals surface area (Å²) >= 11 is 0. The Kier molecular flexibility index (Phi) is 4.60. The monoisotopic (exact) mass is 339 g/mol. The lowest BCUT2D eigenvalue weighted by Gasteiger charge is -2.07. The highest BCUT2D eigenvalue weighted by Crippen LogP contribution is 2.17. The van der Waals surface area contributed by atoms with Crippen LogP contribution in [0, 0.1) is 13.8 Å². The minimum atomic E-state index is -0.139. The number of hydrogen-bond acceptors (Lipinski definition) is 5. The summed E-state index contributed by atoms with van der Waals surface area (Å²) in [5, 5.41) is 18.9. The van der Waals surface area contributed by atoms with Gasteiger partial charge in [0.15, 0.2) is 5.82 Å². The number of rotatable bonds is 5. The number of hydrogen-bond donors (Lipinski definition) is 1. The van der Waals surface area contributed by atoms with Gasteiger partial charge in [0.05, 0.1) is 5.69 Å². The molecular weight excluding hydrogens is 318 g/mol. The number of tetrazole rings is 1. The summed E-state index contributed by atoms with van der Waals surface area (Å²) < 4.78 is 3.52. The van der Waals surface area contributed by atoms with Gasteiger partial charge in [-0.05, 0) is 43.3 Å². The molecule has 1 N–H and O–H groups in total. The molecule has 0 atom stereocenters. The molecule has 130 valence electrons. The molecule has 0 bridgehead atoms. The molecule has 0 fully saturated rings. The molecule has 8 nitrogen and oxygen atoms in total. The first-order valence-electron chi connectivity index (χ1n) is 8.15. The number of aryl methyl sites for hydroxylation is 3. The Bertz CT molecular complexity index is 910. The number of nitrogens with one attached hydrogen (secondary N) is 1. The second-order valence-electron chi connectivity index (χ2n) is 5.85. The van der Waals surface area contributed by atoms with Crippen LogP contribution in [0.2, 0.25) is 0 Å². The van der Waals surface area contributed by atoms with Gasteiger partial charge in [0, 0.05) is 42.5 Å². The van der Waals surface area contributed by atoms with Gasteiger partial charge in [-0.1, -0.05) is 12.1 Å². The lowest BCUT2D eigenvalue weighted by Crippen LogP contribution is -2.23. The van der Waals surface area contributed by atoms with Crippen molar-refractivity contribution in [3.8, 4) is 11.4 Å². The smallest absolute Gasteiger partial charge is 0.251 e. The van der Waals surface area contributed by atoms with Crippen LogP contribution in [0.4, 0.5) is 0 Å². The fraction of sp³-hybridized carbons (Fsp3) is 0.353. The van der Waals surface area contributed by atoms with Crippen LogP contribution in [-0.2, 0) is 20.1 Å². The second-order valence-corrected chi connectivity index (χ2v) is 5.85. The fourth-order valence-corrected chi connectivity index (χ4v) is 2.84. The maximum Gasteiger partial charge on any atom is 0.251 e. The Morgan fingerprint density at radius 1 is 1.28 bits per heavy atom. The molecule has 3 aromatic rings. The minimum absolute atomic E-state index is 0.139. The molecule has 0 saturated heterocycles. The van der Waals surface area contributed by atoms with Gasteiger partial charge >= 0.3 is 0 Å². The summed E-state index contributed by atoms with van der Waals surface area (Å²) in [5.74, 6) is 0.477. The Morgan fingerprint density at radius 2 is 2.08 bits per heavy atom. The zero-order chi connectivity index (χ0) is 18.0. The second kappa shape index (κ2) is 6.84. The summed E-state index contributed by atoms with van der Waals surface area (Å²) in [4.78, 5) is 12.5. The molecule has 0 spiro atoms. The molecule has 3 rings (SSSR count). The first-order valence-corrected chi connectivity index (χ1v) is 8.15. The summed E-state index contributed by atoms with van der Waals surface area (Å²) in [5.41, 5.74) is 4.45. The van der Waals surface area contributed by atoms with Crippen molar-refractivity contribution >= 4 is 5.91 Å². The highest BCUT2D eigenvalue weighted by atomic mass is 16.1. The van der Waals surface area contributed by atoms with Crippen LogP contribution in [0.15, 0.2) is 24.3 Å². The molecule has 2 heterocycles. The third kappa shape index (κ3) is 3.28. The fourth-order valence-electron chi connectivity index (χ4n) is 2.84. The van der Waals surface area contributed by atoms with Crippen LogP contribution in [-0.4, -0.2) is 35.9 Å². The first kappa shape index (κ1) is 16.8. The molecule has 2 aromatic heterocycles. The SMILES string of the molecule is CCn1nc(C)c(CNC(=O)c2cccc(-c3nnnn3C)c2)c1C. The van der Waals surface area contributed by atoms with Crippen LogP contribution in [0.1, 0.15) is 34.2 Å². The summed E-state index contributed by atoms with van der Waals surface area (Å²) in [6, 6.07) is 7.26. The lowest BCUT2D eigenvalue weighted by atomic mass is 10.1. The van der Waals surface area contributed by atoms with E-state index in [0.29, 0.717) is 17.9 Å². The average molecular weight is 339 g/mol. The van der Waals surface area contributed by atoms with Crippen molar-refractivity contribution < 1.29 is 4.79 Å². The number of carbonyl (C=O) groups excluding carboxylic acids is 1. The van der Waals surface area contributed by atoms with E-state index in [1.807, 2.05) is 30.7 Å². The van der Waals surface area contributed by atoms with E-state index >= 15 is 0 Å². The van der Waals surface area contributed by atoms with Crippen molar-refractivity contribution in [1.29, 1.82) is 0 Å². The zero-order valence-corrected chi connectivity index (χ0v) is 14.8. The summed E-state index contributed by atoms with van der Waals surface area (Å²) in [7, 11) is 1.76. The third-order valence-corrected chi connectivity index (χ3v) is 4.26. The van der Waals surface area contributed by atoms with Crippen LogP contribution in [0.5, 0.6) is 0 Å². The highest BCUT2D eigenvalue weighted by Gasteiger charge is 2.14. The Balaban J connectivity index is 1.76. The maximum atomic E-state index is 12.5. The molecule has 0 radical (unpaired) electrons. The van der Waals surface area contributed by atoms with Crippen molar-refractivity contribution in [2.45, 2.75) is 33.9 Å². The Labute approximate surface area is 145 Å². The molecule has 1 aromatic carbocycles. The molecule has 25 heavy (non-hydrogen) atoms. The largest absolute Gasteiger partial charge is 0.348 e. The van der Waals surface area contributed by atoms with Crippen LogP contribution in [0.3, 0.4) is 0 Å². The number of amides is 1. The van der Waals surface area contributed by atoms with E-state index in [9.17, 15) is 4.79 Å². The Hall–Kier alpha value is -3.03. The average Bonchev–Trinajstić information content (AvgIpc) is 3.16. The summed E-state index contributed by atoms with van der Waals surface area (Å²) in [6.45, 7) is 7.30. The summed E-state index contributed by atoms with van der Waals surface area (Å²) in [6.07, 6.45) is 0. The van der Waals surface area contributed by atoms with Gasteiger partial charge in [0.25, 0.3) is 5.91 Å². The predicted molar refractivity (Wildman–Crippen MR) is 92.8 cm³/mol. The molecule has 8 heteroatoms. The van der Waals surface area contributed by atoms with Crippen molar-refractivity contribution in [2.75, 3.05) is 0 Å². The van der Waals surface area contributed by atoms with Crippen LogP contribution >= 0.6 is 0 Å². The predicted octanol–water partition coefficient (Wildman–Crippen LogP) is 1.64. The van der Waals surface area contributed by atoms with Gasteiger partial charge in [0.1, 0.15) is 0 Å².